The molecule has 0 spiro atoms. The van der Waals surface area contributed by atoms with Crippen molar-refractivity contribution in [3.05, 3.63) is 0 Å². The minimum absolute atomic E-state index is 0.453. The van der Waals surface area contributed by atoms with Gasteiger partial charge in [0.15, 0.2) is 0 Å². The summed E-state index contributed by atoms with van der Waals surface area (Å²) < 4.78 is 5.48. The van der Waals surface area contributed by atoms with Crippen molar-refractivity contribution in [1.29, 1.82) is 0 Å². The maximum Gasteiger partial charge on any atom is 0.0715 e. The zero-order valence-electron chi connectivity index (χ0n) is 8.68. The van der Waals surface area contributed by atoms with Crippen molar-refractivity contribution in [3.8, 4) is 0 Å². The average molecular weight is 187 g/mol. The van der Waals surface area contributed by atoms with Gasteiger partial charge in [0.2, 0.25) is 0 Å². The van der Waals surface area contributed by atoms with Crippen LogP contribution in [-0.4, -0.2) is 36.5 Å². The van der Waals surface area contributed by atoms with Gasteiger partial charge in [0.1, 0.15) is 0 Å². The van der Waals surface area contributed by atoms with Crippen LogP contribution in [0.3, 0.4) is 0 Å². The van der Waals surface area contributed by atoms with Gasteiger partial charge in [-0.2, -0.15) is 0 Å². The highest BCUT2D eigenvalue weighted by atomic mass is 16.5. The summed E-state index contributed by atoms with van der Waals surface area (Å²) in [6.07, 6.45) is 3.92. The molecule has 0 saturated carbocycles. The number of hydrogen-bond donors (Lipinski definition) is 2. The molecule has 1 unspecified atom stereocenters. The molecule has 0 aromatic carbocycles. The Morgan fingerprint density at radius 3 is 2.85 bits per heavy atom. The molecule has 3 nitrogen and oxygen atoms in total. The molecule has 13 heavy (non-hydrogen) atoms. The zero-order chi connectivity index (χ0) is 9.73. The summed E-state index contributed by atoms with van der Waals surface area (Å²) in [6.45, 7) is 6.14. The third-order valence-electron chi connectivity index (χ3n) is 2.22. The fraction of sp³-hybridized carbons (Fsp3) is 1.00. The number of nitrogens with one attached hydrogen (secondary N) is 1. The molecular weight excluding hydrogens is 166 g/mol. The maximum atomic E-state index is 9.42. The van der Waals surface area contributed by atoms with Gasteiger partial charge < -0.3 is 15.2 Å². The third-order valence-corrected chi connectivity index (χ3v) is 2.22. The number of aliphatic hydroxyl groups is 1. The summed E-state index contributed by atoms with van der Waals surface area (Å²) in [7, 11) is 0. The summed E-state index contributed by atoms with van der Waals surface area (Å²) in [6, 6.07) is 0. The first kappa shape index (κ1) is 11.0. The van der Waals surface area contributed by atoms with Crippen LogP contribution < -0.4 is 5.32 Å². The molecule has 1 atom stereocenters. The highest BCUT2D eigenvalue weighted by Crippen LogP contribution is 2.14. The average Bonchev–Trinajstić information content (AvgIpc) is 2.48. The van der Waals surface area contributed by atoms with E-state index in [0.29, 0.717) is 12.6 Å². The van der Waals surface area contributed by atoms with Crippen LogP contribution >= 0.6 is 0 Å². The molecule has 0 aromatic rings. The smallest absolute Gasteiger partial charge is 0.0715 e. The lowest BCUT2D eigenvalue weighted by molar-refractivity contribution is 0.0747. The summed E-state index contributed by atoms with van der Waals surface area (Å²) in [5, 5.41) is 12.6. The van der Waals surface area contributed by atoms with Gasteiger partial charge in [-0.1, -0.05) is 0 Å². The van der Waals surface area contributed by atoms with E-state index < -0.39 is 5.60 Å². The molecule has 1 saturated heterocycles. The van der Waals surface area contributed by atoms with Crippen molar-refractivity contribution >= 4 is 0 Å². The molecule has 1 heterocycles. The molecule has 0 radical (unpaired) electrons. The van der Waals surface area contributed by atoms with Crippen molar-refractivity contribution in [3.63, 3.8) is 0 Å². The van der Waals surface area contributed by atoms with Crippen LogP contribution in [0.1, 0.15) is 33.1 Å². The van der Waals surface area contributed by atoms with E-state index in [2.05, 4.69) is 5.32 Å². The molecule has 1 rings (SSSR count). The summed E-state index contributed by atoms with van der Waals surface area (Å²) in [5.41, 5.74) is -0.601. The van der Waals surface area contributed by atoms with Gasteiger partial charge in [-0.15, -0.1) is 0 Å². The van der Waals surface area contributed by atoms with E-state index >= 15 is 0 Å². The molecule has 3 heteroatoms. The lowest BCUT2D eigenvalue weighted by atomic mass is 10.1. The first-order valence-electron chi connectivity index (χ1n) is 5.13. The second kappa shape index (κ2) is 4.94. The Balaban J connectivity index is 1.94. The lowest BCUT2D eigenvalue weighted by Crippen LogP contribution is -2.35. The van der Waals surface area contributed by atoms with E-state index in [9.17, 15) is 5.11 Å². The first-order chi connectivity index (χ1) is 6.08. The topological polar surface area (TPSA) is 41.5 Å². The van der Waals surface area contributed by atoms with Crippen LogP contribution in [-0.2, 0) is 4.74 Å². The summed E-state index contributed by atoms with van der Waals surface area (Å²) in [5.74, 6) is 0. The monoisotopic (exact) mass is 187 g/mol. The van der Waals surface area contributed by atoms with Crippen molar-refractivity contribution < 1.29 is 9.84 Å². The van der Waals surface area contributed by atoms with Crippen LogP contribution in [0.2, 0.25) is 0 Å². The molecule has 0 aliphatic carbocycles. The minimum atomic E-state index is -0.601. The van der Waals surface area contributed by atoms with Gasteiger partial charge in [0.25, 0.3) is 0 Å². The Morgan fingerprint density at radius 1 is 1.54 bits per heavy atom. The molecular formula is C10H21NO2. The molecule has 1 aliphatic rings. The SMILES string of the molecule is CC(C)(O)CNCCC1CCCO1. The van der Waals surface area contributed by atoms with Crippen LogP contribution in [0.4, 0.5) is 0 Å². The zero-order valence-corrected chi connectivity index (χ0v) is 8.68. The Kier molecular flexibility index (Phi) is 4.16. The van der Waals surface area contributed by atoms with Crippen molar-refractivity contribution in [2.75, 3.05) is 19.7 Å². The van der Waals surface area contributed by atoms with E-state index in [0.717, 1.165) is 19.6 Å². The Morgan fingerprint density at radius 2 is 2.31 bits per heavy atom. The fourth-order valence-corrected chi connectivity index (χ4v) is 1.53. The van der Waals surface area contributed by atoms with E-state index in [-0.39, 0.29) is 0 Å². The van der Waals surface area contributed by atoms with Crippen molar-refractivity contribution in [2.24, 2.45) is 0 Å². The second-order valence-corrected chi connectivity index (χ2v) is 4.41. The van der Waals surface area contributed by atoms with Gasteiger partial charge in [-0.3, -0.25) is 0 Å². The Bertz CT molecular complexity index is 136. The molecule has 1 fully saturated rings. The molecule has 78 valence electrons. The highest BCUT2D eigenvalue weighted by molar-refractivity contribution is 4.70. The van der Waals surface area contributed by atoms with E-state index in [4.69, 9.17) is 4.74 Å². The summed E-state index contributed by atoms with van der Waals surface area (Å²) in [4.78, 5) is 0. The van der Waals surface area contributed by atoms with Crippen LogP contribution in [0, 0.1) is 0 Å². The quantitative estimate of drug-likeness (QED) is 0.629. The molecule has 0 bridgehead atoms. The van der Waals surface area contributed by atoms with Crippen LogP contribution in [0.5, 0.6) is 0 Å². The van der Waals surface area contributed by atoms with Gasteiger partial charge >= 0.3 is 0 Å². The minimum Gasteiger partial charge on any atom is -0.389 e. The van der Waals surface area contributed by atoms with E-state index in [1.54, 1.807) is 0 Å². The lowest BCUT2D eigenvalue weighted by Gasteiger charge is -2.18. The molecule has 2 N–H and O–H groups in total. The predicted octanol–water partition coefficient (Wildman–Crippen LogP) is 0.916. The Labute approximate surface area is 80.5 Å². The Hall–Kier alpha value is -0.120. The molecule has 1 aliphatic heterocycles. The number of ether oxygens (including phenoxy) is 1. The van der Waals surface area contributed by atoms with Gasteiger partial charge in [0.05, 0.1) is 11.7 Å². The highest BCUT2D eigenvalue weighted by Gasteiger charge is 2.15. The first-order valence-corrected chi connectivity index (χ1v) is 5.13. The van der Waals surface area contributed by atoms with Crippen LogP contribution in [0.15, 0.2) is 0 Å². The van der Waals surface area contributed by atoms with Gasteiger partial charge in [0, 0.05) is 13.2 Å². The normalized spacial score (nSPS) is 23.8. The second-order valence-electron chi connectivity index (χ2n) is 4.41. The molecule has 0 amide bonds. The maximum absolute atomic E-state index is 9.42. The van der Waals surface area contributed by atoms with Crippen LogP contribution in [0.25, 0.3) is 0 Å². The standard InChI is InChI=1S/C10H21NO2/c1-10(2,12)8-11-6-5-9-4-3-7-13-9/h9,11-12H,3-8H2,1-2H3. The van der Waals surface area contributed by atoms with Crippen molar-refractivity contribution in [1.82, 2.24) is 5.32 Å². The third kappa shape index (κ3) is 5.24. The van der Waals surface area contributed by atoms with Crippen molar-refractivity contribution in [2.45, 2.75) is 44.8 Å². The number of rotatable bonds is 5. The molecule has 0 aromatic heterocycles. The van der Waals surface area contributed by atoms with Gasteiger partial charge in [-0.05, 0) is 39.7 Å². The largest absolute Gasteiger partial charge is 0.389 e. The van der Waals surface area contributed by atoms with E-state index in [1.807, 2.05) is 13.8 Å². The number of hydrogen-bond acceptors (Lipinski definition) is 3. The van der Waals surface area contributed by atoms with Gasteiger partial charge in [-0.25, -0.2) is 0 Å². The van der Waals surface area contributed by atoms with E-state index in [1.165, 1.54) is 12.8 Å². The summed E-state index contributed by atoms with van der Waals surface area (Å²) >= 11 is 0. The fourth-order valence-electron chi connectivity index (χ4n) is 1.53. The predicted molar refractivity (Wildman–Crippen MR) is 52.8 cm³/mol.